The van der Waals surface area contributed by atoms with Crippen LogP contribution in [0.5, 0.6) is 0 Å². The third kappa shape index (κ3) is 6.60. The number of rotatable bonds is 7. The van der Waals surface area contributed by atoms with Gasteiger partial charge in [0.1, 0.15) is 5.78 Å². The van der Waals surface area contributed by atoms with Crippen molar-refractivity contribution in [3.05, 3.63) is 28.7 Å². The number of halogens is 1. The third-order valence-electron chi connectivity index (χ3n) is 2.66. The lowest BCUT2D eigenvalue weighted by Crippen LogP contribution is -2.09. The Hall–Kier alpha value is -0.280. The molecule has 1 atom stereocenters. The van der Waals surface area contributed by atoms with Gasteiger partial charge in [-0.25, -0.2) is 0 Å². The summed E-state index contributed by atoms with van der Waals surface area (Å²) < 4.78 is 1.07. The summed E-state index contributed by atoms with van der Waals surface area (Å²) in [4.78, 5) is 13.0. The second-order valence-corrected chi connectivity index (χ2v) is 7.18. The molecule has 100 valence electrons. The molecule has 0 radical (unpaired) electrons. The van der Waals surface area contributed by atoms with Gasteiger partial charge in [0.05, 0.1) is 5.75 Å². The van der Waals surface area contributed by atoms with Crippen LogP contribution in [0.3, 0.4) is 0 Å². The van der Waals surface area contributed by atoms with Crippen LogP contribution in [0.15, 0.2) is 33.6 Å². The first kappa shape index (κ1) is 15.8. The summed E-state index contributed by atoms with van der Waals surface area (Å²) in [5.74, 6) is 2.12. The summed E-state index contributed by atoms with van der Waals surface area (Å²) in [6, 6.07) is 8.10. The van der Waals surface area contributed by atoms with E-state index in [4.69, 9.17) is 0 Å². The maximum Gasteiger partial charge on any atom is 0.143 e. The van der Waals surface area contributed by atoms with Gasteiger partial charge in [0.25, 0.3) is 0 Å². The molecule has 0 saturated heterocycles. The summed E-state index contributed by atoms with van der Waals surface area (Å²) in [7, 11) is 0. The molecule has 1 aromatic rings. The van der Waals surface area contributed by atoms with E-state index in [1.54, 1.807) is 11.8 Å². The highest BCUT2D eigenvalue weighted by Gasteiger charge is 2.11. The smallest absolute Gasteiger partial charge is 0.143 e. The van der Waals surface area contributed by atoms with Crippen molar-refractivity contribution in [1.29, 1.82) is 0 Å². The number of thioether (sulfide) groups is 1. The highest BCUT2D eigenvalue weighted by molar-refractivity contribution is 9.10. The van der Waals surface area contributed by atoms with Gasteiger partial charge in [0.2, 0.25) is 0 Å². The van der Waals surface area contributed by atoms with E-state index in [9.17, 15) is 4.79 Å². The molecule has 1 aromatic carbocycles. The first-order valence-corrected chi connectivity index (χ1v) is 8.15. The molecule has 0 aliphatic rings. The number of carbonyl (C=O) groups is 1. The monoisotopic (exact) mass is 328 g/mol. The molecule has 0 aromatic heterocycles. The SMILES string of the molecule is CC(C)CC(C)CC(=O)CSc1ccc(Br)cc1. The molecule has 0 fully saturated rings. The molecule has 1 nitrogen and oxygen atoms in total. The van der Waals surface area contributed by atoms with Crippen molar-refractivity contribution >= 4 is 33.5 Å². The maximum atomic E-state index is 11.8. The van der Waals surface area contributed by atoms with Crippen LogP contribution in [-0.2, 0) is 4.79 Å². The van der Waals surface area contributed by atoms with Gasteiger partial charge < -0.3 is 0 Å². The first-order chi connectivity index (χ1) is 8.47. The molecular weight excluding hydrogens is 308 g/mol. The van der Waals surface area contributed by atoms with Crippen LogP contribution in [0.4, 0.5) is 0 Å². The summed E-state index contributed by atoms with van der Waals surface area (Å²) in [5, 5.41) is 0. The van der Waals surface area contributed by atoms with Crippen molar-refractivity contribution in [3.63, 3.8) is 0 Å². The maximum absolute atomic E-state index is 11.8. The molecule has 0 N–H and O–H groups in total. The zero-order valence-electron chi connectivity index (χ0n) is 11.3. The third-order valence-corrected chi connectivity index (χ3v) is 4.26. The number of ketones is 1. The van der Waals surface area contributed by atoms with Crippen LogP contribution >= 0.6 is 27.7 Å². The van der Waals surface area contributed by atoms with Crippen molar-refractivity contribution in [2.24, 2.45) is 11.8 Å². The van der Waals surface area contributed by atoms with Crippen LogP contribution in [0.25, 0.3) is 0 Å². The molecule has 0 heterocycles. The van der Waals surface area contributed by atoms with E-state index in [0.29, 0.717) is 29.8 Å². The molecule has 0 bridgehead atoms. The van der Waals surface area contributed by atoms with Crippen LogP contribution in [0, 0.1) is 11.8 Å². The lowest BCUT2D eigenvalue weighted by molar-refractivity contribution is -0.117. The predicted molar refractivity (Wildman–Crippen MR) is 83.1 cm³/mol. The lowest BCUT2D eigenvalue weighted by Gasteiger charge is -2.12. The Morgan fingerprint density at radius 2 is 1.83 bits per heavy atom. The van der Waals surface area contributed by atoms with Crippen LogP contribution in [0.1, 0.15) is 33.6 Å². The van der Waals surface area contributed by atoms with Crippen molar-refractivity contribution in [2.45, 2.75) is 38.5 Å². The predicted octanol–water partition coefficient (Wildman–Crippen LogP) is 5.18. The molecule has 0 saturated carbocycles. The summed E-state index contributed by atoms with van der Waals surface area (Å²) in [6.45, 7) is 6.58. The van der Waals surface area contributed by atoms with Crippen molar-refractivity contribution in [1.82, 2.24) is 0 Å². The molecule has 0 amide bonds. The van der Waals surface area contributed by atoms with E-state index in [-0.39, 0.29) is 0 Å². The van der Waals surface area contributed by atoms with Crippen LogP contribution < -0.4 is 0 Å². The summed E-state index contributed by atoms with van der Waals surface area (Å²) >= 11 is 5.03. The fourth-order valence-electron chi connectivity index (χ4n) is 2.03. The standard InChI is InChI=1S/C15H21BrOS/c1-11(2)8-12(3)9-14(17)10-18-15-6-4-13(16)5-7-15/h4-7,11-12H,8-10H2,1-3H3. The van der Waals surface area contributed by atoms with E-state index in [1.807, 2.05) is 24.3 Å². The van der Waals surface area contributed by atoms with Crippen LogP contribution in [-0.4, -0.2) is 11.5 Å². The van der Waals surface area contributed by atoms with E-state index < -0.39 is 0 Å². The second-order valence-electron chi connectivity index (χ2n) is 5.22. The second kappa shape index (κ2) is 8.00. The zero-order valence-corrected chi connectivity index (χ0v) is 13.7. The minimum absolute atomic E-state index is 0.357. The fourth-order valence-corrected chi connectivity index (χ4v) is 3.07. The molecule has 0 spiro atoms. The van der Waals surface area contributed by atoms with Gasteiger partial charge in [-0.1, -0.05) is 36.7 Å². The Kier molecular flexibility index (Phi) is 7.02. The Labute approximate surface area is 123 Å². The van der Waals surface area contributed by atoms with Gasteiger partial charge in [-0.15, -0.1) is 11.8 Å². The van der Waals surface area contributed by atoms with Gasteiger partial charge in [0, 0.05) is 15.8 Å². The molecule has 0 aliphatic heterocycles. The van der Waals surface area contributed by atoms with Gasteiger partial charge in [-0.3, -0.25) is 4.79 Å². The highest BCUT2D eigenvalue weighted by atomic mass is 79.9. The fraction of sp³-hybridized carbons (Fsp3) is 0.533. The van der Waals surface area contributed by atoms with Crippen molar-refractivity contribution in [2.75, 3.05) is 5.75 Å². The van der Waals surface area contributed by atoms with Crippen LogP contribution in [0.2, 0.25) is 0 Å². The largest absolute Gasteiger partial charge is 0.299 e. The average Bonchev–Trinajstić information content (AvgIpc) is 2.27. The molecule has 1 unspecified atom stereocenters. The normalized spacial score (nSPS) is 12.7. The molecule has 1 rings (SSSR count). The number of hydrogen-bond donors (Lipinski definition) is 0. The molecule has 3 heteroatoms. The number of hydrogen-bond acceptors (Lipinski definition) is 2. The molecule has 18 heavy (non-hydrogen) atoms. The summed E-state index contributed by atoms with van der Waals surface area (Å²) in [6.07, 6.45) is 1.84. The summed E-state index contributed by atoms with van der Waals surface area (Å²) in [5.41, 5.74) is 0. The molecule has 0 aliphatic carbocycles. The lowest BCUT2D eigenvalue weighted by atomic mass is 9.95. The van der Waals surface area contributed by atoms with E-state index in [2.05, 4.69) is 36.7 Å². The van der Waals surface area contributed by atoms with Gasteiger partial charge in [-0.2, -0.15) is 0 Å². The Morgan fingerprint density at radius 3 is 2.39 bits per heavy atom. The van der Waals surface area contributed by atoms with E-state index >= 15 is 0 Å². The topological polar surface area (TPSA) is 17.1 Å². The quantitative estimate of drug-likeness (QED) is 0.641. The Balaban J connectivity index is 2.30. The minimum Gasteiger partial charge on any atom is -0.299 e. The number of carbonyl (C=O) groups excluding carboxylic acids is 1. The Bertz CT molecular complexity index is 373. The highest BCUT2D eigenvalue weighted by Crippen LogP contribution is 2.22. The Morgan fingerprint density at radius 1 is 1.22 bits per heavy atom. The average molecular weight is 329 g/mol. The number of benzene rings is 1. The molecular formula is C15H21BrOS. The van der Waals surface area contributed by atoms with Gasteiger partial charge in [0.15, 0.2) is 0 Å². The minimum atomic E-state index is 0.357. The van der Waals surface area contributed by atoms with E-state index in [1.165, 1.54) is 0 Å². The van der Waals surface area contributed by atoms with E-state index in [0.717, 1.165) is 15.8 Å². The van der Waals surface area contributed by atoms with Crippen molar-refractivity contribution in [3.8, 4) is 0 Å². The van der Waals surface area contributed by atoms with Crippen molar-refractivity contribution < 1.29 is 4.79 Å². The number of Topliss-reactive ketones (excluding diaryl/α,β-unsaturated/α-hetero) is 1. The zero-order chi connectivity index (χ0) is 13.5. The van der Waals surface area contributed by atoms with Gasteiger partial charge >= 0.3 is 0 Å². The first-order valence-electron chi connectivity index (χ1n) is 6.37. The van der Waals surface area contributed by atoms with Gasteiger partial charge in [-0.05, 0) is 42.5 Å².